The van der Waals surface area contributed by atoms with Crippen LogP contribution in [0.15, 0.2) is 41.4 Å². The number of rotatable bonds is 3. The van der Waals surface area contributed by atoms with Crippen molar-refractivity contribution in [3.8, 4) is 5.95 Å². The number of nitrogens with one attached hydrogen (secondary N) is 1. The second-order valence-corrected chi connectivity index (χ2v) is 5.58. The molecular weight excluding hydrogens is 379 g/mol. The van der Waals surface area contributed by atoms with Crippen LogP contribution in [0.5, 0.6) is 0 Å². The van der Waals surface area contributed by atoms with Gasteiger partial charge in [-0.3, -0.25) is 4.57 Å². The standard InChI is InChI=1S/C12H7BrCl2N6/c13-8-2-1-7(14)5-9(8)17-11-18-10(15)19-12(20-11)21-4-3-16-6-21/h1-6H,(H,17,18,19,20). The third-order valence-electron chi connectivity index (χ3n) is 2.51. The molecule has 21 heavy (non-hydrogen) atoms. The molecule has 0 bridgehead atoms. The molecule has 9 heteroatoms. The van der Waals surface area contributed by atoms with Crippen LogP contribution in [0.1, 0.15) is 0 Å². The molecule has 1 N–H and O–H groups in total. The lowest BCUT2D eigenvalue weighted by Gasteiger charge is -2.09. The number of aromatic nitrogens is 5. The Bertz CT molecular complexity index is 777. The van der Waals surface area contributed by atoms with Gasteiger partial charge in [-0.1, -0.05) is 11.6 Å². The van der Waals surface area contributed by atoms with Gasteiger partial charge in [-0.25, -0.2) is 4.98 Å². The summed E-state index contributed by atoms with van der Waals surface area (Å²) in [7, 11) is 0. The van der Waals surface area contributed by atoms with Crippen LogP contribution in [0.3, 0.4) is 0 Å². The lowest BCUT2D eigenvalue weighted by molar-refractivity contribution is 0.899. The molecule has 0 aliphatic heterocycles. The van der Waals surface area contributed by atoms with Crippen LogP contribution in [-0.4, -0.2) is 24.5 Å². The average molecular weight is 386 g/mol. The molecule has 0 atom stereocenters. The van der Waals surface area contributed by atoms with Crippen molar-refractivity contribution in [3.63, 3.8) is 0 Å². The van der Waals surface area contributed by atoms with Crippen molar-refractivity contribution < 1.29 is 0 Å². The van der Waals surface area contributed by atoms with Crippen molar-refractivity contribution in [3.05, 3.63) is 51.7 Å². The van der Waals surface area contributed by atoms with E-state index < -0.39 is 0 Å². The van der Waals surface area contributed by atoms with Crippen molar-refractivity contribution in [2.24, 2.45) is 0 Å². The number of hydrogen-bond acceptors (Lipinski definition) is 5. The van der Waals surface area contributed by atoms with Crippen molar-refractivity contribution in [1.29, 1.82) is 0 Å². The summed E-state index contributed by atoms with van der Waals surface area (Å²) in [5.41, 5.74) is 0.723. The van der Waals surface area contributed by atoms with Gasteiger partial charge in [0.1, 0.15) is 6.33 Å². The van der Waals surface area contributed by atoms with E-state index >= 15 is 0 Å². The number of benzene rings is 1. The predicted molar refractivity (Wildman–Crippen MR) is 84.4 cm³/mol. The molecule has 0 saturated heterocycles. The van der Waals surface area contributed by atoms with Crippen LogP contribution in [0.2, 0.25) is 10.3 Å². The van der Waals surface area contributed by atoms with Crippen LogP contribution in [0.4, 0.5) is 11.6 Å². The summed E-state index contributed by atoms with van der Waals surface area (Å²) in [5, 5.41) is 3.72. The third kappa shape index (κ3) is 3.31. The first-order chi connectivity index (χ1) is 10.1. The Morgan fingerprint density at radius 1 is 1.14 bits per heavy atom. The Kier molecular flexibility index (Phi) is 4.05. The zero-order valence-electron chi connectivity index (χ0n) is 10.3. The zero-order valence-corrected chi connectivity index (χ0v) is 13.4. The smallest absolute Gasteiger partial charge is 0.241 e. The summed E-state index contributed by atoms with van der Waals surface area (Å²) < 4.78 is 2.46. The van der Waals surface area contributed by atoms with Crippen LogP contribution >= 0.6 is 39.1 Å². The average Bonchev–Trinajstić information content (AvgIpc) is 2.96. The summed E-state index contributed by atoms with van der Waals surface area (Å²) >= 11 is 15.3. The number of hydrogen-bond donors (Lipinski definition) is 1. The van der Waals surface area contributed by atoms with E-state index in [9.17, 15) is 0 Å². The fourth-order valence-corrected chi connectivity index (χ4v) is 2.28. The Labute approximate surface area is 138 Å². The predicted octanol–water partition coefficient (Wildman–Crippen LogP) is 3.87. The largest absolute Gasteiger partial charge is 0.323 e. The van der Waals surface area contributed by atoms with Crippen molar-refractivity contribution in [2.75, 3.05) is 5.32 Å². The van der Waals surface area contributed by atoms with E-state index in [1.165, 1.54) is 0 Å². The molecular formula is C12H7BrCl2N6. The lowest BCUT2D eigenvalue weighted by atomic mass is 10.3. The van der Waals surface area contributed by atoms with Gasteiger partial charge in [-0.05, 0) is 45.7 Å². The second kappa shape index (κ2) is 5.97. The molecule has 0 saturated carbocycles. The second-order valence-electron chi connectivity index (χ2n) is 3.95. The fourth-order valence-electron chi connectivity index (χ4n) is 1.60. The van der Waals surface area contributed by atoms with Gasteiger partial charge in [-0.15, -0.1) is 0 Å². The van der Waals surface area contributed by atoms with E-state index in [0.29, 0.717) is 16.9 Å². The summed E-state index contributed by atoms with van der Waals surface area (Å²) in [5.74, 6) is 0.676. The van der Waals surface area contributed by atoms with Gasteiger partial charge in [-0.2, -0.15) is 15.0 Å². The molecule has 0 radical (unpaired) electrons. The van der Waals surface area contributed by atoms with Crippen LogP contribution in [0.25, 0.3) is 5.95 Å². The van der Waals surface area contributed by atoms with Gasteiger partial charge in [0.2, 0.25) is 17.2 Å². The minimum absolute atomic E-state index is 0.0781. The zero-order chi connectivity index (χ0) is 14.8. The van der Waals surface area contributed by atoms with E-state index in [1.54, 1.807) is 35.4 Å². The first kappa shape index (κ1) is 14.2. The Hall–Kier alpha value is -1.70. The van der Waals surface area contributed by atoms with Gasteiger partial charge < -0.3 is 5.32 Å². The Balaban J connectivity index is 1.97. The molecule has 2 aromatic heterocycles. The topological polar surface area (TPSA) is 68.5 Å². The SMILES string of the molecule is Clc1ccc(Br)c(Nc2nc(Cl)nc(-n3ccnc3)n2)c1. The Morgan fingerprint density at radius 3 is 2.76 bits per heavy atom. The van der Waals surface area contributed by atoms with Crippen LogP contribution < -0.4 is 5.32 Å². The minimum Gasteiger partial charge on any atom is -0.323 e. The molecule has 0 amide bonds. The van der Waals surface area contributed by atoms with Crippen LogP contribution in [-0.2, 0) is 0 Å². The minimum atomic E-state index is 0.0781. The molecule has 2 heterocycles. The van der Waals surface area contributed by atoms with Gasteiger partial charge in [0.05, 0.1) is 5.69 Å². The highest BCUT2D eigenvalue weighted by molar-refractivity contribution is 9.10. The fraction of sp³-hybridized carbons (Fsp3) is 0. The van der Waals surface area contributed by atoms with Crippen molar-refractivity contribution in [1.82, 2.24) is 24.5 Å². The lowest BCUT2D eigenvalue weighted by Crippen LogP contribution is -2.05. The van der Waals surface area contributed by atoms with E-state index in [4.69, 9.17) is 23.2 Å². The van der Waals surface area contributed by atoms with Gasteiger partial charge >= 0.3 is 0 Å². The molecule has 1 aromatic carbocycles. The number of halogens is 3. The van der Waals surface area contributed by atoms with Crippen LogP contribution in [0, 0.1) is 0 Å². The van der Waals surface area contributed by atoms with Crippen molar-refractivity contribution in [2.45, 2.75) is 0 Å². The highest BCUT2D eigenvalue weighted by Crippen LogP contribution is 2.28. The maximum Gasteiger partial charge on any atom is 0.241 e. The van der Waals surface area contributed by atoms with E-state index in [0.717, 1.165) is 10.2 Å². The monoisotopic (exact) mass is 384 g/mol. The molecule has 3 rings (SSSR count). The molecule has 0 fully saturated rings. The normalized spacial score (nSPS) is 10.6. The summed E-state index contributed by atoms with van der Waals surface area (Å²) in [6.07, 6.45) is 4.91. The molecule has 0 unspecified atom stereocenters. The quantitative estimate of drug-likeness (QED) is 0.741. The maximum atomic E-state index is 5.97. The number of anilines is 2. The van der Waals surface area contributed by atoms with E-state index in [2.05, 4.69) is 41.2 Å². The van der Waals surface area contributed by atoms with Gasteiger partial charge in [0.15, 0.2) is 0 Å². The third-order valence-corrected chi connectivity index (χ3v) is 3.60. The number of imidazole rings is 1. The van der Waals surface area contributed by atoms with Gasteiger partial charge in [0, 0.05) is 21.9 Å². The first-order valence-electron chi connectivity index (χ1n) is 5.74. The molecule has 3 aromatic rings. The summed E-state index contributed by atoms with van der Waals surface area (Å²) in [4.78, 5) is 16.3. The van der Waals surface area contributed by atoms with E-state index in [1.807, 2.05) is 6.07 Å². The molecule has 0 spiro atoms. The summed E-state index contributed by atoms with van der Waals surface area (Å²) in [6, 6.07) is 5.35. The molecule has 0 aliphatic carbocycles. The van der Waals surface area contributed by atoms with E-state index in [-0.39, 0.29) is 5.28 Å². The molecule has 6 nitrogen and oxygen atoms in total. The number of nitrogens with zero attached hydrogens (tertiary/aromatic N) is 5. The highest BCUT2D eigenvalue weighted by Gasteiger charge is 2.09. The maximum absolute atomic E-state index is 5.97. The Morgan fingerprint density at radius 2 is 2.00 bits per heavy atom. The van der Waals surface area contributed by atoms with Crippen molar-refractivity contribution >= 4 is 50.8 Å². The highest BCUT2D eigenvalue weighted by atomic mass is 79.9. The molecule has 0 aliphatic rings. The first-order valence-corrected chi connectivity index (χ1v) is 7.29. The van der Waals surface area contributed by atoms with Gasteiger partial charge in [0.25, 0.3) is 0 Å². The summed E-state index contributed by atoms with van der Waals surface area (Å²) in [6.45, 7) is 0. The molecule has 106 valence electrons.